The number of nitrogens with two attached hydrogens (primary N) is 4. The van der Waals surface area contributed by atoms with Crippen LogP contribution in [-0.4, -0.2) is 43.7 Å². The van der Waals surface area contributed by atoms with E-state index < -0.39 is 10.4 Å². The van der Waals surface area contributed by atoms with Crippen molar-refractivity contribution in [3.63, 3.8) is 0 Å². The molecular formula is C18H28N6O6S. The summed E-state index contributed by atoms with van der Waals surface area (Å²) in [7, 11) is -1.43. The molecule has 0 aliphatic carbocycles. The largest absolute Gasteiger partial charge is 0.496 e. The molecule has 13 heteroatoms. The van der Waals surface area contributed by atoms with E-state index in [9.17, 15) is 0 Å². The second-order valence-corrected chi connectivity index (χ2v) is 6.45. The van der Waals surface area contributed by atoms with E-state index in [4.69, 9.17) is 49.9 Å². The van der Waals surface area contributed by atoms with Gasteiger partial charge in [0.2, 0.25) is 0 Å². The Hall–Kier alpha value is -3.55. The number of guanidine groups is 2. The molecule has 0 bridgehead atoms. The van der Waals surface area contributed by atoms with E-state index in [0.29, 0.717) is 13.1 Å². The number of benzene rings is 2. The number of aliphatic imine (C=N–C) groups is 2. The van der Waals surface area contributed by atoms with Crippen LogP contribution in [-0.2, 0) is 23.5 Å². The molecule has 0 amide bonds. The van der Waals surface area contributed by atoms with Gasteiger partial charge < -0.3 is 32.4 Å². The first-order chi connectivity index (χ1) is 14.5. The van der Waals surface area contributed by atoms with E-state index in [0.717, 1.165) is 22.6 Å². The number of hydrogen-bond donors (Lipinski definition) is 6. The van der Waals surface area contributed by atoms with Crippen molar-refractivity contribution in [1.29, 1.82) is 0 Å². The third kappa shape index (κ3) is 15.0. The first-order valence-electron chi connectivity index (χ1n) is 8.52. The van der Waals surface area contributed by atoms with Crippen molar-refractivity contribution < 1.29 is 27.0 Å². The maximum absolute atomic E-state index is 8.74. The number of rotatable bonds is 6. The van der Waals surface area contributed by atoms with Gasteiger partial charge in [-0.3, -0.25) is 9.11 Å². The molecule has 0 heterocycles. The maximum Gasteiger partial charge on any atom is 0.394 e. The average Bonchev–Trinajstić information content (AvgIpc) is 2.70. The number of nitrogens with zero attached hydrogens (tertiary/aromatic N) is 2. The smallest absolute Gasteiger partial charge is 0.394 e. The number of methoxy groups -OCH3 is 2. The molecule has 172 valence electrons. The Morgan fingerprint density at radius 3 is 1.32 bits per heavy atom. The quantitative estimate of drug-likeness (QED) is 0.198. The van der Waals surface area contributed by atoms with Gasteiger partial charge in [-0.1, -0.05) is 36.4 Å². The second kappa shape index (κ2) is 14.4. The van der Waals surface area contributed by atoms with Gasteiger partial charge >= 0.3 is 10.4 Å². The Bertz CT molecular complexity index is 886. The molecule has 10 N–H and O–H groups in total. The molecule has 0 spiro atoms. The fourth-order valence-electron chi connectivity index (χ4n) is 2.02. The lowest BCUT2D eigenvalue weighted by molar-refractivity contribution is 0.381. The highest BCUT2D eigenvalue weighted by Gasteiger charge is 2.00. The Balaban J connectivity index is 0.000000479. The Kier molecular flexibility index (Phi) is 12.8. The summed E-state index contributed by atoms with van der Waals surface area (Å²) in [5.74, 6) is 1.77. The first kappa shape index (κ1) is 27.5. The van der Waals surface area contributed by atoms with Gasteiger partial charge in [-0.2, -0.15) is 8.42 Å². The van der Waals surface area contributed by atoms with Crippen LogP contribution in [0.15, 0.2) is 58.5 Å². The van der Waals surface area contributed by atoms with E-state index in [1.165, 1.54) is 0 Å². The molecular weight excluding hydrogens is 428 g/mol. The van der Waals surface area contributed by atoms with E-state index in [1.807, 2.05) is 48.5 Å². The standard InChI is InChI=1S/2C9H13N3O.H2O4S/c2*1-13-8-5-3-2-4-7(8)6-12-9(10)11;1-5(2,3)4/h2*2-5H,6H2,1H3,(H4,10,11,12);(H2,1,2,3,4). The van der Waals surface area contributed by atoms with E-state index in [1.54, 1.807) is 14.2 Å². The highest BCUT2D eigenvalue weighted by Crippen LogP contribution is 2.18. The summed E-state index contributed by atoms with van der Waals surface area (Å²) in [5.41, 5.74) is 22.8. The van der Waals surface area contributed by atoms with Gasteiger partial charge in [-0.05, 0) is 12.1 Å². The molecule has 0 atom stereocenters. The summed E-state index contributed by atoms with van der Waals surface area (Å²) in [5, 5.41) is 0. The molecule has 31 heavy (non-hydrogen) atoms. The van der Waals surface area contributed by atoms with Crippen LogP contribution in [0.25, 0.3) is 0 Å². The zero-order valence-corrected chi connectivity index (χ0v) is 18.0. The predicted octanol–water partition coefficient (Wildman–Crippen LogP) is 0.284. The molecule has 0 unspecified atom stereocenters. The lowest BCUT2D eigenvalue weighted by Crippen LogP contribution is -2.22. The summed E-state index contributed by atoms with van der Waals surface area (Å²) in [6.07, 6.45) is 0. The van der Waals surface area contributed by atoms with Crippen LogP contribution >= 0.6 is 0 Å². The topological polar surface area (TPSA) is 222 Å². The Morgan fingerprint density at radius 1 is 0.774 bits per heavy atom. The van der Waals surface area contributed by atoms with Crippen molar-refractivity contribution in [1.82, 2.24) is 0 Å². The lowest BCUT2D eigenvalue weighted by atomic mass is 10.2. The van der Waals surface area contributed by atoms with E-state index in [-0.39, 0.29) is 11.9 Å². The molecule has 2 aromatic rings. The SMILES string of the molecule is COc1ccccc1CN=C(N)N.COc1ccccc1CN=C(N)N.O=S(=O)(O)O. The Labute approximate surface area is 181 Å². The minimum Gasteiger partial charge on any atom is -0.496 e. The zero-order chi connectivity index (χ0) is 23.9. The molecule has 0 aromatic heterocycles. The molecule has 2 aromatic carbocycles. The number of para-hydroxylation sites is 2. The molecule has 0 aliphatic rings. The molecule has 0 fully saturated rings. The van der Waals surface area contributed by atoms with Crippen LogP contribution in [0.2, 0.25) is 0 Å². The van der Waals surface area contributed by atoms with Gasteiger partial charge in [-0.15, -0.1) is 0 Å². The van der Waals surface area contributed by atoms with Crippen LogP contribution in [0.3, 0.4) is 0 Å². The van der Waals surface area contributed by atoms with Gasteiger partial charge in [0.05, 0.1) is 27.3 Å². The van der Waals surface area contributed by atoms with Crippen molar-refractivity contribution in [2.75, 3.05) is 14.2 Å². The van der Waals surface area contributed by atoms with Crippen LogP contribution in [0, 0.1) is 0 Å². The highest BCUT2D eigenvalue weighted by molar-refractivity contribution is 7.79. The molecule has 0 radical (unpaired) electrons. The third-order valence-corrected chi connectivity index (χ3v) is 3.25. The summed E-state index contributed by atoms with van der Waals surface area (Å²) in [6, 6.07) is 15.2. The minimum absolute atomic E-state index is 0.0888. The normalized spacial score (nSPS) is 9.68. The summed E-state index contributed by atoms with van der Waals surface area (Å²) >= 11 is 0. The monoisotopic (exact) mass is 456 g/mol. The molecule has 2 rings (SSSR count). The second-order valence-electron chi connectivity index (χ2n) is 5.55. The van der Waals surface area contributed by atoms with Crippen LogP contribution in [0.5, 0.6) is 11.5 Å². The number of hydrogen-bond acceptors (Lipinski definition) is 6. The third-order valence-electron chi connectivity index (χ3n) is 3.25. The van der Waals surface area contributed by atoms with Gasteiger partial charge in [0.1, 0.15) is 11.5 Å². The van der Waals surface area contributed by atoms with Crippen LogP contribution < -0.4 is 32.4 Å². The van der Waals surface area contributed by atoms with Gasteiger partial charge in [0, 0.05) is 11.1 Å². The maximum atomic E-state index is 8.74. The van der Waals surface area contributed by atoms with Gasteiger partial charge in [-0.25, -0.2) is 9.98 Å². The zero-order valence-electron chi connectivity index (χ0n) is 17.2. The first-order valence-corrected chi connectivity index (χ1v) is 9.92. The van der Waals surface area contributed by atoms with Crippen LogP contribution in [0.1, 0.15) is 11.1 Å². The van der Waals surface area contributed by atoms with E-state index in [2.05, 4.69) is 9.98 Å². The van der Waals surface area contributed by atoms with Crippen molar-refractivity contribution >= 4 is 22.3 Å². The molecule has 12 nitrogen and oxygen atoms in total. The summed E-state index contributed by atoms with van der Waals surface area (Å²) in [6.45, 7) is 0.901. The van der Waals surface area contributed by atoms with Gasteiger partial charge in [0.25, 0.3) is 0 Å². The van der Waals surface area contributed by atoms with Crippen molar-refractivity contribution in [2.45, 2.75) is 13.1 Å². The average molecular weight is 457 g/mol. The van der Waals surface area contributed by atoms with Crippen molar-refractivity contribution in [3.8, 4) is 11.5 Å². The fourth-order valence-corrected chi connectivity index (χ4v) is 2.02. The predicted molar refractivity (Wildman–Crippen MR) is 119 cm³/mol. The minimum atomic E-state index is -4.67. The van der Waals surface area contributed by atoms with Gasteiger partial charge in [0.15, 0.2) is 11.9 Å². The lowest BCUT2D eigenvalue weighted by Gasteiger charge is -2.04. The summed E-state index contributed by atoms with van der Waals surface area (Å²) < 4.78 is 41.8. The van der Waals surface area contributed by atoms with Crippen molar-refractivity contribution in [3.05, 3.63) is 59.7 Å². The highest BCUT2D eigenvalue weighted by atomic mass is 32.3. The molecule has 0 saturated carbocycles. The fraction of sp³-hybridized carbons (Fsp3) is 0.222. The number of ether oxygens (including phenoxy) is 2. The van der Waals surface area contributed by atoms with E-state index >= 15 is 0 Å². The summed E-state index contributed by atoms with van der Waals surface area (Å²) in [4.78, 5) is 7.79. The Morgan fingerprint density at radius 2 is 1.06 bits per heavy atom. The molecule has 0 aliphatic heterocycles. The van der Waals surface area contributed by atoms with Crippen molar-refractivity contribution in [2.24, 2.45) is 32.9 Å². The van der Waals surface area contributed by atoms with Crippen LogP contribution in [0.4, 0.5) is 0 Å². The molecule has 0 saturated heterocycles.